The van der Waals surface area contributed by atoms with Gasteiger partial charge in [-0.3, -0.25) is 0 Å². The van der Waals surface area contributed by atoms with Gasteiger partial charge in [0.1, 0.15) is 0 Å². The molecule has 16 heavy (non-hydrogen) atoms. The Morgan fingerprint density at radius 2 is 1.94 bits per heavy atom. The second-order valence-electron chi connectivity index (χ2n) is 2.83. The Bertz CT molecular complexity index is 357. The molecule has 1 nitrogen and oxygen atoms in total. The Labute approximate surface area is 105 Å². The lowest BCUT2D eigenvalue weighted by molar-refractivity contribution is -0.0326. The maximum absolute atomic E-state index is 11.8. The van der Waals surface area contributed by atoms with E-state index in [-0.39, 0.29) is 17.5 Å². The van der Waals surface area contributed by atoms with Crippen LogP contribution < -0.4 is 5.73 Å². The van der Waals surface area contributed by atoms with Gasteiger partial charge in [-0.05, 0) is 18.2 Å². The molecule has 0 heterocycles. The third-order valence-corrected chi connectivity index (χ3v) is 4.06. The van der Waals surface area contributed by atoms with Crippen molar-refractivity contribution in [1.82, 2.24) is 0 Å². The maximum Gasteiger partial charge on any atom is 0.441 e. The molecule has 0 saturated heterocycles. The van der Waals surface area contributed by atoms with Crippen LogP contribution in [0, 0.1) is 0 Å². The molecule has 90 valence electrons. The number of nitrogen functional groups attached to an aromatic ring is 1. The van der Waals surface area contributed by atoms with Gasteiger partial charge in [0.25, 0.3) is 0 Å². The average Bonchev–Trinajstić information content (AvgIpc) is 2.13. The number of anilines is 1. The van der Waals surface area contributed by atoms with Crippen LogP contribution in [0.2, 0.25) is 5.02 Å². The van der Waals surface area contributed by atoms with Crippen LogP contribution in [0.4, 0.5) is 18.9 Å². The van der Waals surface area contributed by atoms with E-state index < -0.39 is 5.51 Å². The first-order chi connectivity index (χ1) is 7.38. The molecule has 1 aromatic rings. The van der Waals surface area contributed by atoms with Crippen LogP contribution in [0.3, 0.4) is 0 Å². The van der Waals surface area contributed by atoms with Gasteiger partial charge < -0.3 is 5.73 Å². The minimum atomic E-state index is -4.16. The van der Waals surface area contributed by atoms with Crippen LogP contribution in [-0.4, -0.2) is 17.0 Å². The summed E-state index contributed by atoms with van der Waals surface area (Å²) in [6.45, 7) is 0. The van der Waals surface area contributed by atoms with E-state index in [2.05, 4.69) is 0 Å². The predicted molar refractivity (Wildman–Crippen MR) is 65.1 cm³/mol. The SMILES string of the molecule is Nc1ccc(SCCSC(F)(F)F)c(Cl)c1. The molecule has 1 aromatic carbocycles. The molecule has 0 saturated carbocycles. The van der Waals surface area contributed by atoms with Crippen LogP contribution in [0.1, 0.15) is 0 Å². The number of nitrogens with two attached hydrogens (primary N) is 1. The van der Waals surface area contributed by atoms with E-state index in [9.17, 15) is 13.2 Å². The van der Waals surface area contributed by atoms with Gasteiger partial charge in [-0.2, -0.15) is 13.2 Å². The summed E-state index contributed by atoms with van der Waals surface area (Å²) < 4.78 is 35.5. The van der Waals surface area contributed by atoms with Crippen molar-refractivity contribution in [1.29, 1.82) is 0 Å². The molecule has 0 aliphatic heterocycles. The van der Waals surface area contributed by atoms with Crippen LogP contribution in [0.15, 0.2) is 23.1 Å². The summed E-state index contributed by atoms with van der Waals surface area (Å²) in [6.07, 6.45) is 0. The first kappa shape index (κ1) is 13.9. The molecule has 0 amide bonds. The van der Waals surface area contributed by atoms with Crippen molar-refractivity contribution >= 4 is 40.8 Å². The summed E-state index contributed by atoms with van der Waals surface area (Å²) in [5.74, 6) is 0.364. The molecule has 0 atom stereocenters. The van der Waals surface area contributed by atoms with Crippen molar-refractivity contribution in [2.45, 2.75) is 10.4 Å². The Morgan fingerprint density at radius 1 is 1.25 bits per heavy atom. The van der Waals surface area contributed by atoms with Crippen LogP contribution in [0.25, 0.3) is 0 Å². The first-order valence-electron chi connectivity index (χ1n) is 4.27. The summed E-state index contributed by atoms with van der Waals surface area (Å²) in [6, 6.07) is 4.96. The van der Waals surface area contributed by atoms with E-state index in [1.54, 1.807) is 18.2 Å². The maximum atomic E-state index is 11.8. The standard InChI is InChI=1S/C9H9ClF3NS2/c10-7-5-6(14)1-2-8(7)15-3-4-16-9(11,12)13/h1-2,5H,3-4,14H2. The number of hydrogen-bond donors (Lipinski definition) is 1. The molecule has 0 unspecified atom stereocenters. The summed E-state index contributed by atoms with van der Waals surface area (Å²) >= 11 is 7.13. The highest BCUT2D eigenvalue weighted by Crippen LogP contribution is 2.33. The van der Waals surface area contributed by atoms with E-state index in [1.807, 2.05) is 0 Å². The molecule has 0 bridgehead atoms. The summed E-state index contributed by atoms with van der Waals surface area (Å²) in [7, 11) is 0. The van der Waals surface area contributed by atoms with E-state index in [0.717, 1.165) is 4.90 Å². The van der Waals surface area contributed by atoms with E-state index in [1.165, 1.54) is 11.8 Å². The van der Waals surface area contributed by atoms with Gasteiger partial charge in [-0.15, -0.1) is 11.8 Å². The lowest BCUT2D eigenvalue weighted by atomic mass is 10.3. The molecule has 0 radical (unpaired) electrons. The van der Waals surface area contributed by atoms with Crippen LogP contribution >= 0.6 is 35.1 Å². The van der Waals surface area contributed by atoms with Gasteiger partial charge in [-0.25, -0.2) is 0 Å². The molecular formula is C9H9ClF3NS2. The lowest BCUT2D eigenvalue weighted by Crippen LogP contribution is -2.02. The fourth-order valence-corrected chi connectivity index (χ4v) is 2.77. The van der Waals surface area contributed by atoms with E-state index in [4.69, 9.17) is 17.3 Å². The molecule has 0 aromatic heterocycles. The zero-order valence-corrected chi connectivity index (χ0v) is 10.4. The van der Waals surface area contributed by atoms with E-state index >= 15 is 0 Å². The van der Waals surface area contributed by atoms with E-state index in [0.29, 0.717) is 16.5 Å². The molecule has 1 rings (SSSR count). The lowest BCUT2D eigenvalue weighted by Gasteiger charge is -2.06. The number of benzene rings is 1. The number of thioether (sulfide) groups is 2. The fraction of sp³-hybridized carbons (Fsp3) is 0.333. The van der Waals surface area contributed by atoms with Gasteiger partial charge in [0.05, 0.1) is 5.02 Å². The van der Waals surface area contributed by atoms with Gasteiger partial charge in [0, 0.05) is 22.1 Å². The van der Waals surface area contributed by atoms with Gasteiger partial charge in [0.2, 0.25) is 0 Å². The predicted octanol–water partition coefficient (Wildman–Crippen LogP) is 4.27. The van der Waals surface area contributed by atoms with Gasteiger partial charge in [0.15, 0.2) is 0 Å². The van der Waals surface area contributed by atoms with Crippen molar-refractivity contribution in [3.8, 4) is 0 Å². The molecule has 0 aliphatic rings. The van der Waals surface area contributed by atoms with Crippen molar-refractivity contribution in [3.05, 3.63) is 23.2 Å². The van der Waals surface area contributed by atoms with Crippen molar-refractivity contribution < 1.29 is 13.2 Å². The smallest absolute Gasteiger partial charge is 0.399 e. The zero-order valence-electron chi connectivity index (χ0n) is 8.05. The molecule has 0 fully saturated rings. The van der Waals surface area contributed by atoms with Crippen molar-refractivity contribution in [3.63, 3.8) is 0 Å². The second kappa shape index (κ2) is 5.93. The Balaban J connectivity index is 2.38. The van der Waals surface area contributed by atoms with Crippen molar-refractivity contribution in [2.75, 3.05) is 17.2 Å². The molecule has 7 heteroatoms. The third kappa shape index (κ3) is 5.23. The molecule has 2 N–H and O–H groups in total. The monoisotopic (exact) mass is 287 g/mol. The average molecular weight is 288 g/mol. The fourth-order valence-electron chi connectivity index (χ4n) is 0.943. The van der Waals surface area contributed by atoms with Crippen molar-refractivity contribution in [2.24, 2.45) is 0 Å². The highest BCUT2D eigenvalue weighted by atomic mass is 35.5. The summed E-state index contributed by atoms with van der Waals surface area (Å²) in [4.78, 5) is 0.749. The second-order valence-corrected chi connectivity index (χ2v) is 5.54. The summed E-state index contributed by atoms with van der Waals surface area (Å²) in [5.41, 5.74) is 1.87. The van der Waals surface area contributed by atoms with Crippen LogP contribution in [0.5, 0.6) is 0 Å². The largest absolute Gasteiger partial charge is 0.441 e. The number of rotatable bonds is 4. The van der Waals surface area contributed by atoms with Gasteiger partial charge in [-0.1, -0.05) is 23.4 Å². The first-order valence-corrected chi connectivity index (χ1v) is 6.62. The molecule has 0 spiro atoms. The normalized spacial score (nSPS) is 11.8. The zero-order chi connectivity index (χ0) is 12.2. The Hall–Kier alpha value is -0.200. The van der Waals surface area contributed by atoms with Gasteiger partial charge >= 0.3 is 5.51 Å². The molecule has 0 aliphatic carbocycles. The minimum Gasteiger partial charge on any atom is -0.399 e. The quantitative estimate of drug-likeness (QED) is 0.509. The highest BCUT2D eigenvalue weighted by Gasteiger charge is 2.27. The Kier molecular flexibility index (Phi) is 5.14. The summed E-state index contributed by atoms with van der Waals surface area (Å²) in [5, 5.41) is 0.474. The minimum absolute atomic E-state index is 0.00880. The molecular weight excluding hydrogens is 279 g/mol. The Morgan fingerprint density at radius 3 is 2.50 bits per heavy atom. The number of halogens is 4. The number of alkyl halides is 3. The third-order valence-electron chi connectivity index (χ3n) is 1.56. The van der Waals surface area contributed by atoms with Crippen LogP contribution in [-0.2, 0) is 0 Å². The highest BCUT2D eigenvalue weighted by molar-refractivity contribution is 8.03. The number of hydrogen-bond acceptors (Lipinski definition) is 3. The topological polar surface area (TPSA) is 26.0 Å².